The fourth-order valence-corrected chi connectivity index (χ4v) is 2.79. The van der Waals surface area contributed by atoms with Crippen LogP contribution in [0.5, 0.6) is 5.75 Å². The first-order valence-electron chi connectivity index (χ1n) is 9.77. The quantitative estimate of drug-likeness (QED) is 0.509. The molecule has 1 rings (SSSR count). The number of carbonyl (C=O) groups excluding carboxylic acids is 1. The smallest absolute Gasteiger partial charge is 0.153 e. The summed E-state index contributed by atoms with van der Waals surface area (Å²) in [6.07, 6.45) is 7.76. The highest BCUT2D eigenvalue weighted by Crippen LogP contribution is 2.37. The van der Waals surface area contributed by atoms with Crippen molar-refractivity contribution in [1.82, 2.24) is 0 Å². The first-order chi connectivity index (χ1) is 11.5. The molecule has 0 aliphatic heterocycles. The van der Waals surface area contributed by atoms with Crippen LogP contribution in [0.3, 0.4) is 0 Å². The SMILES string of the molecule is CC.CC.CCCCC(C)(CCCC)c1cc(C)c(O)c(C=O)c1. The van der Waals surface area contributed by atoms with Crippen LogP contribution >= 0.6 is 0 Å². The van der Waals surface area contributed by atoms with E-state index in [0.29, 0.717) is 5.56 Å². The zero-order valence-electron chi connectivity index (χ0n) is 17.3. The van der Waals surface area contributed by atoms with Gasteiger partial charge >= 0.3 is 0 Å². The van der Waals surface area contributed by atoms with Gasteiger partial charge in [0.1, 0.15) is 5.75 Å². The molecule has 140 valence electrons. The van der Waals surface area contributed by atoms with E-state index in [0.717, 1.165) is 24.7 Å². The van der Waals surface area contributed by atoms with Crippen molar-refractivity contribution in [1.29, 1.82) is 0 Å². The maximum atomic E-state index is 11.1. The molecule has 0 unspecified atom stereocenters. The van der Waals surface area contributed by atoms with E-state index in [1.807, 2.05) is 46.8 Å². The van der Waals surface area contributed by atoms with E-state index in [1.54, 1.807) is 0 Å². The van der Waals surface area contributed by atoms with Crippen LogP contribution in [0, 0.1) is 6.92 Å². The van der Waals surface area contributed by atoms with E-state index in [1.165, 1.54) is 31.2 Å². The molecule has 24 heavy (non-hydrogen) atoms. The summed E-state index contributed by atoms with van der Waals surface area (Å²) in [6, 6.07) is 3.92. The third-order valence-corrected chi connectivity index (χ3v) is 4.32. The molecule has 0 aromatic heterocycles. The van der Waals surface area contributed by atoms with Gasteiger partial charge in [0.05, 0.1) is 5.56 Å². The largest absolute Gasteiger partial charge is 0.507 e. The number of aldehydes is 1. The topological polar surface area (TPSA) is 37.3 Å². The minimum atomic E-state index is 0.0994. The molecule has 0 saturated carbocycles. The highest BCUT2D eigenvalue weighted by Gasteiger charge is 2.26. The molecule has 0 fully saturated rings. The van der Waals surface area contributed by atoms with Crippen LogP contribution in [-0.4, -0.2) is 11.4 Å². The number of aromatic hydroxyl groups is 1. The Morgan fingerprint density at radius 3 is 1.83 bits per heavy atom. The third kappa shape index (κ3) is 7.51. The van der Waals surface area contributed by atoms with E-state index in [4.69, 9.17) is 0 Å². The molecule has 0 heterocycles. The highest BCUT2D eigenvalue weighted by molar-refractivity contribution is 5.80. The number of aryl methyl sites for hydroxylation is 1. The lowest BCUT2D eigenvalue weighted by molar-refractivity contribution is 0.112. The maximum absolute atomic E-state index is 11.1. The number of carbonyl (C=O) groups is 1. The lowest BCUT2D eigenvalue weighted by Gasteiger charge is -2.31. The van der Waals surface area contributed by atoms with Gasteiger partial charge in [0.2, 0.25) is 0 Å². The Bertz CT molecular complexity index is 442. The van der Waals surface area contributed by atoms with Crippen molar-refractivity contribution in [2.45, 2.75) is 99.3 Å². The predicted octanol–water partition coefficient (Wildman–Crippen LogP) is 7.20. The fraction of sp³-hybridized carbons (Fsp3) is 0.682. The minimum Gasteiger partial charge on any atom is -0.507 e. The molecule has 0 bridgehead atoms. The Labute approximate surface area is 150 Å². The summed E-state index contributed by atoms with van der Waals surface area (Å²) < 4.78 is 0. The molecule has 2 nitrogen and oxygen atoms in total. The molecule has 0 aliphatic rings. The van der Waals surface area contributed by atoms with Gasteiger partial charge in [-0.1, -0.05) is 80.2 Å². The molecule has 1 aromatic carbocycles. The van der Waals surface area contributed by atoms with Crippen molar-refractivity contribution in [3.63, 3.8) is 0 Å². The summed E-state index contributed by atoms with van der Waals surface area (Å²) >= 11 is 0. The van der Waals surface area contributed by atoms with Crippen LogP contribution in [0.2, 0.25) is 0 Å². The first-order valence-corrected chi connectivity index (χ1v) is 9.77. The normalized spacial score (nSPS) is 10.2. The van der Waals surface area contributed by atoms with Crippen LogP contribution < -0.4 is 0 Å². The van der Waals surface area contributed by atoms with E-state index in [-0.39, 0.29) is 11.2 Å². The molecule has 0 aliphatic carbocycles. The number of rotatable bonds is 8. The number of hydrogen-bond acceptors (Lipinski definition) is 2. The minimum absolute atomic E-state index is 0.0994. The molecule has 0 atom stereocenters. The number of unbranched alkanes of at least 4 members (excludes halogenated alkanes) is 2. The zero-order chi connectivity index (χ0) is 19.2. The summed E-state index contributed by atoms with van der Waals surface area (Å²) in [6.45, 7) is 16.6. The maximum Gasteiger partial charge on any atom is 0.153 e. The standard InChI is InChI=1S/C18H28O2.2C2H6/c1-5-7-9-18(4,10-8-6-2)16-11-14(3)17(20)15(12-16)13-19;2*1-2/h11-13,20H,5-10H2,1-4H3;2*1-2H3. The lowest BCUT2D eigenvalue weighted by Crippen LogP contribution is -2.22. The summed E-state index contributed by atoms with van der Waals surface area (Å²) in [5, 5.41) is 9.91. The van der Waals surface area contributed by atoms with Crippen LogP contribution in [-0.2, 0) is 5.41 Å². The third-order valence-electron chi connectivity index (χ3n) is 4.32. The van der Waals surface area contributed by atoms with Crippen molar-refractivity contribution in [2.75, 3.05) is 0 Å². The second-order valence-electron chi connectivity index (χ2n) is 6.12. The number of hydrogen-bond donors (Lipinski definition) is 1. The van der Waals surface area contributed by atoms with Gasteiger partial charge in [0.25, 0.3) is 0 Å². The average Bonchev–Trinajstić information content (AvgIpc) is 2.63. The molecule has 0 radical (unpaired) electrons. The summed E-state index contributed by atoms with van der Waals surface area (Å²) in [4.78, 5) is 11.1. The van der Waals surface area contributed by atoms with E-state index in [2.05, 4.69) is 20.8 Å². The Morgan fingerprint density at radius 1 is 1.00 bits per heavy atom. The molecule has 2 heteroatoms. The summed E-state index contributed by atoms with van der Waals surface area (Å²) in [5.41, 5.74) is 2.50. The van der Waals surface area contributed by atoms with Crippen molar-refractivity contribution in [2.24, 2.45) is 0 Å². The number of phenolic OH excluding ortho intramolecular Hbond substituents is 1. The second-order valence-corrected chi connectivity index (χ2v) is 6.12. The Balaban J connectivity index is 0. The van der Waals surface area contributed by atoms with Crippen LogP contribution in [0.1, 0.15) is 108 Å². The zero-order valence-corrected chi connectivity index (χ0v) is 17.3. The van der Waals surface area contributed by atoms with Gasteiger partial charge < -0.3 is 5.11 Å². The van der Waals surface area contributed by atoms with Crippen molar-refractivity contribution in [3.8, 4) is 5.75 Å². The Morgan fingerprint density at radius 2 is 1.46 bits per heavy atom. The Hall–Kier alpha value is -1.31. The number of phenols is 1. The summed E-state index contributed by atoms with van der Waals surface area (Å²) in [7, 11) is 0. The molecule has 1 N–H and O–H groups in total. The van der Waals surface area contributed by atoms with Crippen LogP contribution in [0.4, 0.5) is 0 Å². The molecular formula is C22H40O2. The van der Waals surface area contributed by atoms with Gasteiger partial charge in [-0.2, -0.15) is 0 Å². The lowest BCUT2D eigenvalue weighted by atomic mass is 9.73. The van der Waals surface area contributed by atoms with E-state index in [9.17, 15) is 9.90 Å². The monoisotopic (exact) mass is 336 g/mol. The molecule has 1 aromatic rings. The van der Waals surface area contributed by atoms with Gasteiger partial charge in [-0.05, 0) is 42.4 Å². The van der Waals surface area contributed by atoms with Gasteiger partial charge in [-0.25, -0.2) is 0 Å². The highest BCUT2D eigenvalue weighted by atomic mass is 16.3. The first kappa shape index (κ1) is 24.9. The van der Waals surface area contributed by atoms with Gasteiger partial charge in [0, 0.05) is 0 Å². The molecule has 0 spiro atoms. The van der Waals surface area contributed by atoms with Crippen molar-refractivity contribution in [3.05, 3.63) is 28.8 Å². The van der Waals surface area contributed by atoms with Gasteiger partial charge in [-0.3, -0.25) is 4.79 Å². The Kier molecular flexibility index (Phi) is 14.6. The van der Waals surface area contributed by atoms with Gasteiger partial charge in [-0.15, -0.1) is 0 Å². The summed E-state index contributed by atoms with van der Waals surface area (Å²) in [5.74, 6) is 0.122. The van der Waals surface area contributed by atoms with E-state index >= 15 is 0 Å². The average molecular weight is 337 g/mol. The number of benzene rings is 1. The van der Waals surface area contributed by atoms with Gasteiger partial charge in [0.15, 0.2) is 6.29 Å². The predicted molar refractivity (Wildman–Crippen MR) is 107 cm³/mol. The molecular weight excluding hydrogens is 296 g/mol. The van der Waals surface area contributed by atoms with Crippen molar-refractivity contribution < 1.29 is 9.90 Å². The molecule has 0 amide bonds. The van der Waals surface area contributed by atoms with Crippen LogP contribution in [0.25, 0.3) is 0 Å². The van der Waals surface area contributed by atoms with E-state index < -0.39 is 0 Å². The van der Waals surface area contributed by atoms with Crippen molar-refractivity contribution >= 4 is 6.29 Å². The van der Waals surface area contributed by atoms with Crippen LogP contribution in [0.15, 0.2) is 12.1 Å². The fourth-order valence-electron chi connectivity index (χ4n) is 2.79. The second kappa shape index (κ2) is 14.1. The molecule has 0 saturated heterocycles.